The molecular formula is C17H30N6O3. The zero-order valence-electron chi connectivity index (χ0n) is 15.6. The first-order valence-electron chi connectivity index (χ1n) is 9.63. The van der Waals surface area contributed by atoms with Gasteiger partial charge in [-0.3, -0.25) is 9.69 Å². The second kappa shape index (κ2) is 9.38. The molecule has 2 aliphatic heterocycles. The maximum Gasteiger partial charge on any atom is 0.222 e. The number of amides is 1. The van der Waals surface area contributed by atoms with Gasteiger partial charge in [-0.15, -0.1) is 5.10 Å². The van der Waals surface area contributed by atoms with Gasteiger partial charge >= 0.3 is 0 Å². The molecule has 0 spiro atoms. The van der Waals surface area contributed by atoms with Gasteiger partial charge < -0.3 is 14.7 Å². The monoisotopic (exact) mass is 366 g/mol. The van der Waals surface area contributed by atoms with Crippen LogP contribution in [0.1, 0.15) is 38.4 Å². The average molecular weight is 366 g/mol. The number of aliphatic hydroxyl groups excluding tert-OH is 1. The molecule has 0 aliphatic carbocycles. The van der Waals surface area contributed by atoms with Crippen LogP contribution in [0.25, 0.3) is 0 Å². The zero-order valence-corrected chi connectivity index (χ0v) is 15.6. The summed E-state index contributed by atoms with van der Waals surface area (Å²) in [5, 5.41) is 21.8. The molecule has 146 valence electrons. The molecule has 2 saturated heterocycles. The molecule has 3 heterocycles. The number of carbonyl (C=O) groups is 1. The summed E-state index contributed by atoms with van der Waals surface area (Å²) in [6.45, 7) is 7.54. The molecule has 2 fully saturated rings. The van der Waals surface area contributed by atoms with E-state index >= 15 is 0 Å². The summed E-state index contributed by atoms with van der Waals surface area (Å²) in [7, 11) is 0. The fourth-order valence-electron chi connectivity index (χ4n) is 3.49. The summed E-state index contributed by atoms with van der Waals surface area (Å²) in [5.74, 6) is 1.72. The van der Waals surface area contributed by atoms with Crippen molar-refractivity contribution in [1.29, 1.82) is 0 Å². The van der Waals surface area contributed by atoms with E-state index in [1.54, 1.807) is 4.90 Å². The van der Waals surface area contributed by atoms with Crippen LogP contribution in [0.3, 0.4) is 0 Å². The van der Waals surface area contributed by atoms with Crippen LogP contribution in [-0.4, -0.2) is 86.5 Å². The zero-order chi connectivity index (χ0) is 18.4. The van der Waals surface area contributed by atoms with Crippen LogP contribution in [0.2, 0.25) is 0 Å². The lowest BCUT2D eigenvalue weighted by atomic mass is 9.99. The van der Waals surface area contributed by atoms with Crippen molar-refractivity contribution in [1.82, 2.24) is 30.0 Å². The number of nitrogens with zero attached hydrogens (tertiary/aromatic N) is 6. The van der Waals surface area contributed by atoms with Gasteiger partial charge in [0.1, 0.15) is 0 Å². The number of rotatable bonds is 6. The van der Waals surface area contributed by atoms with Gasteiger partial charge in [0.15, 0.2) is 5.82 Å². The van der Waals surface area contributed by atoms with Crippen molar-refractivity contribution >= 4 is 5.91 Å². The Bertz CT molecular complexity index is 573. The number of aryl methyl sites for hydroxylation is 1. The van der Waals surface area contributed by atoms with Crippen LogP contribution in [0, 0.1) is 5.92 Å². The standard InChI is InChI=1S/C17H30N6O3/c1-14-4-7-21(8-5-14)12-16-18-19-20-23(16)6-2-3-17(25)22-9-10-26-13-15(24)11-22/h14-15,24H,2-13H2,1H3/t15-/m1/s1. The second-order valence-corrected chi connectivity index (χ2v) is 7.45. The lowest BCUT2D eigenvalue weighted by Crippen LogP contribution is -2.37. The number of hydrogen-bond acceptors (Lipinski definition) is 7. The van der Waals surface area contributed by atoms with Gasteiger partial charge in [-0.05, 0) is 48.7 Å². The second-order valence-electron chi connectivity index (χ2n) is 7.45. The van der Waals surface area contributed by atoms with E-state index in [1.165, 1.54) is 12.8 Å². The number of likely N-dealkylation sites (tertiary alicyclic amines) is 1. The van der Waals surface area contributed by atoms with E-state index in [0.717, 1.165) is 31.4 Å². The average Bonchev–Trinajstić information content (AvgIpc) is 2.94. The highest BCUT2D eigenvalue weighted by Crippen LogP contribution is 2.17. The third-order valence-electron chi connectivity index (χ3n) is 5.21. The minimum atomic E-state index is -0.597. The number of aromatic nitrogens is 4. The van der Waals surface area contributed by atoms with Crippen LogP contribution in [0.4, 0.5) is 0 Å². The van der Waals surface area contributed by atoms with Crippen LogP contribution in [0.5, 0.6) is 0 Å². The van der Waals surface area contributed by atoms with E-state index in [0.29, 0.717) is 45.7 Å². The molecule has 1 amide bonds. The number of ether oxygens (including phenoxy) is 1. The Kier molecular flexibility index (Phi) is 6.93. The van der Waals surface area contributed by atoms with Crippen molar-refractivity contribution in [3.8, 4) is 0 Å². The number of hydrogen-bond donors (Lipinski definition) is 1. The highest BCUT2D eigenvalue weighted by atomic mass is 16.5. The van der Waals surface area contributed by atoms with Crippen LogP contribution >= 0.6 is 0 Å². The summed E-state index contributed by atoms with van der Waals surface area (Å²) in [5.41, 5.74) is 0. The van der Waals surface area contributed by atoms with Gasteiger partial charge in [-0.1, -0.05) is 6.92 Å². The Morgan fingerprint density at radius 1 is 1.31 bits per heavy atom. The fraction of sp³-hybridized carbons (Fsp3) is 0.882. The predicted molar refractivity (Wildman–Crippen MR) is 94.1 cm³/mol. The quantitative estimate of drug-likeness (QED) is 0.751. The minimum Gasteiger partial charge on any atom is -0.389 e. The lowest BCUT2D eigenvalue weighted by molar-refractivity contribution is -0.132. The van der Waals surface area contributed by atoms with Crippen LogP contribution in [-0.2, 0) is 22.6 Å². The van der Waals surface area contributed by atoms with Crippen molar-refractivity contribution in [2.45, 2.75) is 51.8 Å². The molecular weight excluding hydrogens is 336 g/mol. The van der Waals surface area contributed by atoms with E-state index in [9.17, 15) is 9.90 Å². The number of β-amino-alcohol motifs (C(OH)–C–C–N with tert-alkyl or cyclic N) is 1. The molecule has 0 saturated carbocycles. The molecule has 1 atom stereocenters. The predicted octanol–water partition coefficient (Wildman–Crippen LogP) is -0.0951. The van der Waals surface area contributed by atoms with Gasteiger partial charge in [0, 0.05) is 26.1 Å². The maximum atomic E-state index is 12.3. The third kappa shape index (κ3) is 5.46. The first-order chi connectivity index (χ1) is 12.6. The molecule has 0 bridgehead atoms. The minimum absolute atomic E-state index is 0.0502. The SMILES string of the molecule is CC1CCN(Cc2nnnn2CCCC(=O)N2CCOC[C@H](O)C2)CC1. The number of piperidine rings is 1. The van der Waals surface area contributed by atoms with Crippen molar-refractivity contribution in [3.05, 3.63) is 5.82 Å². The molecule has 2 aliphatic rings. The molecule has 0 radical (unpaired) electrons. The molecule has 1 aromatic heterocycles. The topological polar surface area (TPSA) is 96.6 Å². The number of carbonyl (C=O) groups excluding carboxylic acids is 1. The summed E-state index contributed by atoms with van der Waals surface area (Å²) in [4.78, 5) is 16.4. The van der Waals surface area contributed by atoms with E-state index in [1.807, 2.05) is 4.68 Å². The van der Waals surface area contributed by atoms with E-state index in [4.69, 9.17) is 4.74 Å². The van der Waals surface area contributed by atoms with Crippen molar-refractivity contribution < 1.29 is 14.6 Å². The normalized spacial score (nSPS) is 23.2. The Hall–Kier alpha value is -1.58. The summed E-state index contributed by atoms with van der Waals surface area (Å²) < 4.78 is 7.08. The van der Waals surface area contributed by atoms with Gasteiger partial charge in [0.2, 0.25) is 5.91 Å². The Morgan fingerprint density at radius 2 is 2.12 bits per heavy atom. The van der Waals surface area contributed by atoms with Gasteiger partial charge in [-0.25, -0.2) is 4.68 Å². The Morgan fingerprint density at radius 3 is 2.92 bits per heavy atom. The summed E-state index contributed by atoms with van der Waals surface area (Å²) in [6, 6.07) is 0. The number of aliphatic hydroxyl groups is 1. The molecule has 1 N–H and O–H groups in total. The third-order valence-corrected chi connectivity index (χ3v) is 5.21. The first kappa shape index (κ1) is 19.2. The maximum absolute atomic E-state index is 12.3. The first-order valence-corrected chi connectivity index (χ1v) is 9.63. The van der Waals surface area contributed by atoms with E-state index < -0.39 is 6.10 Å². The van der Waals surface area contributed by atoms with E-state index in [2.05, 4.69) is 27.3 Å². The van der Waals surface area contributed by atoms with Gasteiger partial charge in [-0.2, -0.15) is 0 Å². The number of tetrazole rings is 1. The molecule has 26 heavy (non-hydrogen) atoms. The Labute approximate surface area is 154 Å². The molecule has 3 rings (SSSR count). The van der Waals surface area contributed by atoms with Crippen molar-refractivity contribution in [3.63, 3.8) is 0 Å². The summed E-state index contributed by atoms with van der Waals surface area (Å²) >= 11 is 0. The molecule has 0 aromatic carbocycles. The molecule has 1 aromatic rings. The van der Waals surface area contributed by atoms with Crippen LogP contribution < -0.4 is 0 Å². The van der Waals surface area contributed by atoms with Crippen molar-refractivity contribution in [2.24, 2.45) is 5.92 Å². The smallest absolute Gasteiger partial charge is 0.222 e. The Balaban J connectivity index is 1.43. The van der Waals surface area contributed by atoms with E-state index in [-0.39, 0.29) is 5.91 Å². The van der Waals surface area contributed by atoms with Gasteiger partial charge in [0.25, 0.3) is 0 Å². The van der Waals surface area contributed by atoms with Crippen molar-refractivity contribution in [2.75, 3.05) is 39.4 Å². The largest absolute Gasteiger partial charge is 0.389 e. The lowest BCUT2D eigenvalue weighted by Gasteiger charge is -2.29. The summed E-state index contributed by atoms with van der Waals surface area (Å²) in [6.07, 6.45) is 2.96. The fourth-order valence-corrected chi connectivity index (χ4v) is 3.49. The highest BCUT2D eigenvalue weighted by Gasteiger charge is 2.21. The van der Waals surface area contributed by atoms with Crippen LogP contribution in [0.15, 0.2) is 0 Å². The molecule has 9 nitrogen and oxygen atoms in total. The highest BCUT2D eigenvalue weighted by molar-refractivity contribution is 5.76. The van der Waals surface area contributed by atoms with Gasteiger partial charge in [0.05, 0.1) is 25.9 Å². The molecule has 0 unspecified atom stereocenters. The molecule has 9 heteroatoms.